The van der Waals surface area contributed by atoms with Crippen LogP contribution in [0.5, 0.6) is 0 Å². The molecule has 2 heterocycles. The number of hydrogen-bond donors (Lipinski definition) is 2. The molecule has 2 N–H and O–H groups in total. The summed E-state index contributed by atoms with van der Waals surface area (Å²) < 4.78 is 1.31. The van der Waals surface area contributed by atoms with Crippen molar-refractivity contribution < 1.29 is 9.90 Å². The number of nitrogens with one attached hydrogen (secondary N) is 1. The monoisotopic (exact) mass is 356 g/mol. The predicted octanol–water partition coefficient (Wildman–Crippen LogP) is 0.846. The van der Waals surface area contributed by atoms with Crippen LogP contribution in [0.15, 0.2) is 47.4 Å². The third-order valence-electron chi connectivity index (χ3n) is 4.86. The van der Waals surface area contributed by atoms with Crippen LogP contribution in [-0.2, 0) is 11.8 Å². The Kier molecular flexibility index (Phi) is 5.68. The summed E-state index contributed by atoms with van der Waals surface area (Å²) in [5, 5.41) is 17.0. The first-order valence-electron chi connectivity index (χ1n) is 8.83. The molecule has 1 fully saturated rings. The van der Waals surface area contributed by atoms with Gasteiger partial charge in [-0.1, -0.05) is 30.3 Å². The number of nitrogens with zero attached hydrogens (tertiary/aromatic N) is 3. The summed E-state index contributed by atoms with van der Waals surface area (Å²) >= 11 is 0. The van der Waals surface area contributed by atoms with E-state index in [1.807, 2.05) is 6.07 Å². The third kappa shape index (κ3) is 4.29. The van der Waals surface area contributed by atoms with Crippen molar-refractivity contribution >= 4 is 11.6 Å². The zero-order valence-corrected chi connectivity index (χ0v) is 14.8. The third-order valence-corrected chi connectivity index (χ3v) is 4.86. The Balaban J connectivity index is 1.47. The van der Waals surface area contributed by atoms with E-state index in [4.69, 9.17) is 0 Å². The zero-order chi connectivity index (χ0) is 18.5. The van der Waals surface area contributed by atoms with Gasteiger partial charge in [-0.3, -0.25) is 9.59 Å². The first-order chi connectivity index (χ1) is 12.5. The normalized spacial score (nSPS) is 16.3. The van der Waals surface area contributed by atoms with Gasteiger partial charge in [0, 0.05) is 32.7 Å². The summed E-state index contributed by atoms with van der Waals surface area (Å²) in [5.41, 5.74) is 1.32. The van der Waals surface area contributed by atoms with Crippen molar-refractivity contribution in [3.05, 3.63) is 58.5 Å². The van der Waals surface area contributed by atoms with Crippen LogP contribution in [0.25, 0.3) is 0 Å². The highest BCUT2D eigenvalue weighted by molar-refractivity contribution is 5.81. The van der Waals surface area contributed by atoms with Gasteiger partial charge in [-0.05, 0) is 24.3 Å². The maximum absolute atomic E-state index is 12.1. The number of aromatic nitrogens is 2. The second kappa shape index (κ2) is 8.14. The van der Waals surface area contributed by atoms with E-state index in [-0.39, 0.29) is 11.5 Å². The van der Waals surface area contributed by atoms with E-state index in [9.17, 15) is 14.7 Å². The summed E-state index contributed by atoms with van der Waals surface area (Å²) in [4.78, 5) is 26.0. The van der Waals surface area contributed by atoms with Crippen molar-refractivity contribution in [1.29, 1.82) is 0 Å². The minimum atomic E-state index is -1.14. The number of carbonyl (C=O) groups excluding carboxylic acids is 1. The Labute approximate surface area is 152 Å². The molecule has 1 aromatic carbocycles. The standard InChI is InChI=1S/C19H24N4O3/c1-22-17(24)11-16(13-21-22)23-9-7-14(8-10-23)12-20-19(26)18(25)15-5-3-2-4-6-15/h2-6,11,13-14,18,25H,7-10,12H2,1H3,(H,20,26)/t18-/m0/s1. The Hall–Kier alpha value is -2.67. The van der Waals surface area contributed by atoms with Crippen LogP contribution in [0, 0.1) is 5.92 Å². The van der Waals surface area contributed by atoms with Crippen LogP contribution in [0.4, 0.5) is 5.69 Å². The fourth-order valence-corrected chi connectivity index (χ4v) is 3.16. The molecule has 1 amide bonds. The molecule has 1 saturated heterocycles. The van der Waals surface area contributed by atoms with Gasteiger partial charge in [0.15, 0.2) is 6.10 Å². The number of rotatable bonds is 5. The van der Waals surface area contributed by atoms with Gasteiger partial charge >= 0.3 is 0 Å². The zero-order valence-electron chi connectivity index (χ0n) is 14.8. The van der Waals surface area contributed by atoms with Crippen molar-refractivity contribution in [2.45, 2.75) is 18.9 Å². The molecule has 1 aliphatic heterocycles. The van der Waals surface area contributed by atoms with Gasteiger partial charge in [0.05, 0.1) is 11.9 Å². The molecule has 0 spiro atoms. The molecular weight excluding hydrogens is 332 g/mol. The molecule has 7 nitrogen and oxygen atoms in total. The first kappa shape index (κ1) is 18.1. The summed E-state index contributed by atoms with van der Waals surface area (Å²) in [6.45, 7) is 2.18. The molecule has 1 aromatic heterocycles. The Morgan fingerprint density at radius 1 is 1.31 bits per heavy atom. The van der Waals surface area contributed by atoms with Crippen LogP contribution < -0.4 is 15.8 Å². The van der Waals surface area contributed by atoms with E-state index in [0.717, 1.165) is 31.6 Å². The van der Waals surface area contributed by atoms with Gasteiger partial charge in [0.2, 0.25) is 0 Å². The minimum Gasteiger partial charge on any atom is -0.378 e. The molecule has 0 unspecified atom stereocenters. The molecule has 1 atom stereocenters. The van der Waals surface area contributed by atoms with Gasteiger partial charge in [-0.25, -0.2) is 4.68 Å². The van der Waals surface area contributed by atoms with Crippen LogP contribution in [0.3, 0.4) is 0 Å². The fraction of sp³-hybridized carbons (Fsp3) is 0.421. The van der Waals surface area contributed by atoms with Gasteiger partial charge in [0.1, 0.15) is 0 Å². The highest BCUT2D eigenvalue weighted by atomic mass is 16.3. The van der Waals surface area contributed by atoms with E-state index >= 15 is 0 Å². The smallest absolute Gasteiger partial charge is 0.268 e. The number of aryl methyl sites for hydroxylation is 1. The van der Waals surface area contributed by atoms with E-state index < -0.39 is 6.10 Å². The van der Waals surface area contributed by atoms with Gasteiger partial charge in [0.25, 0.3) is 11.5 Å². The van der Waals surface area contributed by atoms with E-state index in [1.165, 1.54) is 4.68 Å². The van der Waals surface area contributed by atoms with E-state index in [2.05, 4.69) is 15.3 Å². The number of piperidine rings is 1. The lowest BCUT2D eigenvalue weighted by molar-refractivity contribution is -0.129. The number of benzene rings is 1. The molecular formula is C19H24N4O3. The van der Waals surface area contributed by atoms with Crippen LogP contribution in [0.1, 0.15) is 24.5 Å². The quantitative estimate of drug-likeness (QED) is 0.829. The van der Waals surface area contributed by atoms with Crippen LogP contribution >= 0.6 is 0 Å². The topological polar surface area (TPSA) is 87.5 Å². The average Bonchev–Trinajstić information content (AvgIpc) is 2.68. The molecule has 26 heavy (non-hydrogen) atoms. The van der Waals surface area contributed by atoms with Crippen molar-refractivity contribution in [3.63, 3.8) is 0 Å². The molecule has 0 bridgehead atoms. The van der Waals surface area contributed by atoms with Crippen molar-refractivity contribution in [3.8, 4) is 0 Å². The van der Waals surface area contributed by atoms with E-state index in [0.29, 0.717) is 18.0 Å². The number of anilines is 1. The molecule has 1 aliphatic rings. The maximum atomic E-state index is 12.1. The molecule has 138 valence electrons. The molecule has 3 rings (SSSR count). The summed E-state index contributed by atoms with van der Waals surface area (Å²) in [7, 11) is 1.63. The Morgan fingerprint density at radius 3 is 2.65 bits per heavy atom. The number of amides is 1. The Morgan fingerprint density at radius 2 is 2.00 bits per heavy atom. The second-order valence-electron chi connectivity index (χ2n) is 6.66. The van der Waals surface area contributed by atoms with Crippen molar-refractivity contribution in [2.75, 3.05) is 24.5 Å². The van der Waals surface area contributed by atoms with Crippen LogP contribution in [-0.4, -0.2) is 40.4 Å². The largest absolute Gasteiger partial charge is 0.378 e. The SMILES string of the molecule is Cn1ncc(N2CCC(CNC(=O)[C@@H](O)c3ccccc3)CC2)cc1=O. The van der Waals surface area contributed by atoms with Gasteiger partial charge in [-0.15, -0.1) is 0 Å². The number of hydrogen-bond acceptors (Lipinski definition) is 5. The summed E-state index contributed by atoms with van der Waals surface area (Å²) in [6.07, 6.45) is 2.40. The minimum absolute atomic E-state index is 0.119. The highest BCUT2D eigenvalue weighted by Gasteiger charge is 2.22. The highest BCUT2D eigenvalue weighted by Crippen LogP contribution is 2.21. The lowest BCUT2D eigenvalue weighted by Gasteiger charge is -2.33. The number of aliphatic hydroxyl groups excluding tert-OH is 1. The fourth-order valence-electron chi connectivity index (χ4n) is 3.16. The first-order valence-corrected chi connectivity index (χ1v) is 8.83. The molecule has 0 radical (unpaired) electrons. The lowest BCUT2D eigenvalue weighted by Crippen LogP contribution is -2.40. The predicted molar refractivity (Wildman–Crippen MR) is 98.8 cm³/mol. The number of aliphatic hydroxyl groups is 1. The average molecular weight is 356 g/mol. The lowest BCUT2D eigenvalue weighted by atomic mass is 9.96. The second-order valence-corrected chi connectivity index (χ2v) is 6.66. The molecule has 0 aliphatic carbocycles. The van der Waals surface area contributed by atoms with Gasteiger partial charge in [-0.2, -0.15) is 5.10 Å². The molecule has 0 saturated carbocycles. The van der Waals surface area contributed by atoms with E-state index in [1.54, 1.807) is 43.6 Å². The summed E-state index contributed by atoms with van der Waals surface area (Å²) in [5.74, 6) is -0.00735. The van der Waals surface area contributed by atoms with Crippen molar-refractivity contribution in [1.82, 2.24) is 15.1 Å². The van der Waals surface area contributed by atoms with Crippen molar-refractivity contribution in [2.24, 2.45) is 13.0 Å². The Bertz CT molecular complexity index is 798. The van der Waals surface area contributed by atoms with Crippen LogP contribution in [0.2, 0.25) is 0 Å². The maximum Gasteiger partial charge on any atom is 0.268 e. The van der Waals surface area contributed by atoms with Gasteiger partial charge < -0.3 is 15.3 Å². The number of carbonyl (C=O) groups is 1. The molecule has 2 aromatic rings. The molecule has 7 heteroatoms. The summed E-state index contributed by atoms with van der Waals surface area (Å²) in [6, 6.07) is 10.5.